The van der Waals surface area contributed by atoms with Gasteiger partial charge in [0.2, 0.25) is 0 Å². The topological polar surface area (TPSA) is 22.0 Å². The van der Waals surface area contributed by atoms with Gasteiger partial charge in [-0.2, -0.15) is 0 Å². The molecule has 2 heteroatoms. The smallest absolute Gasteiger partial charge is 0.258 e. The van der Waals surface area contributed by atoms with Gasteiger partial charge in [0.25, 0.3) is 5.56 Å². The van der Waals surface area contributed by atoms with E-state index in [4.69, 9.17) is 0 Å². The monoisotopic (exact) mass is 339 g/mol. The molecule has 25 heavy (non-hydrogen) atoms. The fourth-order valence-corrected chi connectivity index (χ4v) is 2.35. The first-order chi connectivity index (χ1) is 12.0. The van der Waals surface area contributed by atoms with Crippen molar-refractivity contribution >= 4 is 22.9 Å². The maximum absolute atomic E-state index is 12.2. The van der Waals surface area contributed by atoms with Crippen LogP contribution in [0.1, 0.15) is 48.0 Å². The first-order valence-electron chi connectivity index (χ1n) is 9.09. The Hall–Kier alpha value is -2.35. The van der Waals surface area contributed by atoms with Gasteiger partial charge in [0.15, 0.2) is 0 Å². The molecule has 1 aromatic heterocycles. The maximum atomic E-state index is 12.2. The van der Waals surface area contributed by atoms with E-state index in [1.165, 1.54) is 5.57 Å². The van der Waals surface area contributed by atoms with E-state index in [-0.39, 0.29) is 5.56 Å². The maximum Gasteiger partial charge on any atom is 0.258 e. The van der Waals surface area contributed by atoms with Crippen LogP contribution in [0.25, 0.3) is 22.9 Å². The Labute approximate surface area is 152 Å². The number of pyridine rings is 1. The third kappa shape index (κ3) is 6.22. The zero-order valence-corrected chi connectivity index (χ0v) is 16.9. The summed E-state index contributed by atoms with van der Waals surface area (Å²) in [6.45, 7) is 15.5. The van der Waals surface area contributed by atoms with Gasteiger partial charge in [-0.3, -0.25) is 4.79 Å². The minimum Gasteiger partial charge on any atom is -0.311 e. The molecular formula is C23H33NO. The molecule has 136 valence electrons. The highest BCUT2D eigenvalue weighted by molar-refractivity contribution is 5.83. The van der Waals surface area contributed by atoms with Crippen LogP contribution in [0.2, 0.25) is 0 Å². The van der Waals surface area contributed by atoms with Crippen molar-refractivity contribution in [3.05, 3.63) is 69.5 Å². The third-order valence-electron chi connectivity index (χ3n) is 3.24. The van der Waals surface area contributed by atoms with Gasteiger partial charge in [-0.15, -0.1) is 6.58 Å². The van der Waals surface area contributed by atoms with E-state index >= 15 is 0 Å². The summed E-state index contributed by atoms with van der Waals surface area (Å²) in [5, 5.41) is 3.99. The lowest BCUT2D eigenvalue weighted by Gasteiger charge is -2.04. The van der Waals surface area contributed by atoms with Crippen molar-refractivity contribution in [2.24, 2.45) is 7.05 Å². The van der Waals surface area contributed by atoms with Crippen molar-refractivity contribution in [2.45, 2.75) is 48.0 Å². The van der Waals surface area contributed by atoms with Crippen molar-refractivity contribution < 1.29 is 0 Å². The van der Waals surface area contributed by atoms with Gasteiger partial charge in [-0.05, 0) is 37.8 Å². The van der Waals surface area contributed by atoms with Crippen molar-refractivity contribution in [2.75, 3.05) is 0 Å². The Morgan fingerprint density at radius 1 is 1.04 bits per heavy atom. The lowest BCUT2D eigenvalue weighted by molar-refractivity contribution is 0.831. The predicted octanol–water partition coefficient (Wildman–Crippen LogP) is 4.69. The van der Waals surface area contributed by atoms with Crippen molar-refractivity contribution in [1.82, 2.24) is 4.57 Å². The fraction of sp³-hybridized carbons (Fsp3) is 0.348. The SMILES string of the molecule is C=C(C)C.CC.CC.Cn1c2c(c3ccccc3c1=O)=CCC=CC=2. The zero-order chi connectivity index (χ0) is 19.4. The molecule has 0 fully saturated rings. The molecule has 0 spiro atoms. The van der Waals surface area contributed by atoms with Crippen LogP contribution in [-0.4, -0.2) is 4.57 Å². The van der Waals surface area contributed by atoms with Gasteiger partial charge in [0, 0.05) is 17.7 Å². The molecule has 0 radical (unpaired) electrons. The summed E-state index contributed by atoms with van der Waals surface area (Å²) in [5.74, 6) is 0. The summed E-state index contributed by atoms with van der Waals surface area (Å²) >= 11 is 0. The molecule has 2 aromatic rings. The van der Waals surface area contributed by atoms with E-state index in [9.17, 15) is 4.79 Å². The molecule has 0 saturated carbocycles. The van der Waals surface area contributed by atoms with Gasteiger partial charge < -0.3 is 4.57 Å². The van der Waals surface area contributed by atoms with Crippen LogP contribution >= 0.6 is 0 Å². The first-order valence-corrected chi connectivity index (χ1v) is 9.09. The van der Waals surface area contributed by atoms with Gasteiger partial charge >= 0.3 is 0 Å². The second kappa shape index (κ2) is 12.1. The molecule has 1 aromatic carbocycles. The average molecular weight is 340 g/mol. The summed E-state index contributed by atoms with van der Waals surface area (Å²) in [4.78, 5) is 12.2. The van der Waals surface area contributed by atoms with Crippen LogP contribution < -0.4 is 16.1 Å². The average Bonchev–Trinajstić information content (AvgIpc) is 2.89. The van der Waals surface area contributed by atoms with Crippen LogP contribution in [0.15, 0.2) is 53.4 Å². The summed E-state index contributed by atoms with van der Waals surface area (Å²) < 4.78 is 1.73. The lowest BCUT2D eigenvalue weighted by Crippen LogP contribution is -2.41. The Bertz CT molecular complexity index is 879. The largest absolute Gasteiger partial charge is 0.311 e. The highest BCUT2D eigenvalue weighted by Gasteiger charge is 2.04. The first kappa shape index (κ1) is 22.6. The Morgan fingerprint density at radius 2 is 1.56 bits per heavy atom. The van der Waals surface area contributed by atoms with Gasteiger partial charge in [-0.1, -0.05) is 69.7 Å². The Kier molecular flexibility index (Phi) is 10.9. The highest BCUT2D eigenvalue weighted by Crippen LogP contribution is 2.03. The molecule has 3 rings (SSSR count). The van der Waals surface area contributed by atoms with Crippen LogP contribution in [0, 0.1) is 0 Å². The number of rotatable bonds is 0. The number of hydrogen-bond donors (Lipinski definition) is 0. The minimum atomic E-state index is 0.0688. The van der Waals surface area contributed by atoms with Crippen molar-refractivity contribution in [3.63, 3.8) is 0 Å². The fourth-order valence-electron chi connectivity index (χ4n) is 2.35. The van der Waals surface area contributed by atoms with E-state index in [1.807, 2.05) is 85.0 Å². The molecular weight excluding hydrogens is 306 g/mol. The third-order valence-corrected chi connectivity index (χ3v) is 3.24. The van der Waals surface area contributed by atoms with Gasteiger partial charge in [-0.25, -0.2) is 0 Å². The van der Waals surface area contributed by atoms with E-state index < -0.39 is 0 Å². The van der Waals surface area contributed by atoms with E-state index in [2.05, 4.69) is 18.7 Å². The van der Waals surface area contributed by atoms with E-state index in [1.54, 1.807) is 4.57 Å². The summed E-state index contributed by atoms with van der Waals surface area (Å²) in [6, 6.07) is 7.80. The summed E-state index contributed by atoms with van der Waals surface area (Å²) in [7, 11) is 1.83. The molecule has 0 saturated heterocycles. The predicted molar refractivity (Wildman–Crippen MR) is 114 cm³/mol. The molecule has 0 unspecified atom stereocenters. The number of hydrogen-bond acceptors (Lipinski definition) is 1. The molecule has 0 N–H and O–H groups in total. The van der Waals surface area contributed by atoms with Gasteiger partial charge in [0.1, 0.15) is 0 Å². The summed E-state index contributed by atoms with van der Waals surface area (Å²) in [6.07, 6.45) is 9.20. The second-order valence-corrected chi connectivity index (χ2v) is 5.45. The van der Waals surface area contributed by atoms with E-state index in [0.29, 0.717) is 0 Å². The molecule has 0 bridgehead atoms. The molecule has 0 atom stereocenters. The van der Waals surface area contributed by atoms with Crippen LogP contribution in [0.3, 0.4) is 0 Å². The van der Waals surface area contributed by atoms with Crippen molar-refractivity contribution in [1.29, 1.82) is 0 Å². The standard InChI is InChI=1S/C15H13NO.C4H8.2C2H6/c1-16-14-10-4-2-3-8-12(14)11-7-5-6-9-13(11)15(16)17;1-4(2)3;2*1-2/h2,4-10H,3H2,1H3;1H2,2-3H3;2*1-2H3. The summed E-state index contributed by atoms with van der Waals surface area (Å²) in [5.41, 5.74) is 1.24. The number of aromatic nitrogens is 1. The number of nitrogens with zero attached hydrogens (tertiary/aromatic N) is 1. The minimum absolute atomic E-state index is 0.0688. The Balaban J connectivity index is 0.000000625. The molecule has 1 aliphatic rings. The number of allylic oxidation sites excluding steroid dienone is 3. The lowest BCUT2D eigenvalue weighted by atomic mass is 10.1. The highest BCUT2D eigenvalue weighted by atomic mass is 16.1. The van der Waals surface area contributed by atoms with E-state index in [0.717, 1.165) is 27.8 Å². The van der Waals surface area contributed by atoms with Crippen LogP contribution in [-0.2, 0) is 7.05 Å². The molecule has 0 aliphatic heterocycles. The number of fused-ring (bicyclic) bond motifs is 3. The second-order valence-electron chi connectivity index (χ2n) is 5.45. The zero-order valence-electron chi connectivity index (χ0n) is 16.9. The molecule has 1 aliphatic carbocycles. The Morgan fingerprint density at radius 3 is 2.12 bits per heavy atom. The number of benzene rings is 1. The van der Waals surface area contributed by atoms with Crippen LogP contribution in [0.5, 0.6) is 0 Å². The quantitative estimate of drug-likeness (QED) is 0.638. The molecule has 1 heterocycles. The molecule has 2 nitrogen and oxygen atoms in total. The molecule has 0 amide bonds. The van der Waals surface area contributed by atoms with Crippen LogP contribution in [0.4, 0.5) is 0 Å². The van der Waals surface area contributed by atoms with Crippen molar-refractivity contribution in [3.8, 4) is 0 Å². The normalized spacial score (nSPS) is 10.8. The van der Waals surface area contributed by atoms with Gasteiger partial charge in [0.05, 0.1) is 5.35 Å².